The van der Waals surface area contributed by atoms with Crippen molar-refractivity contribution in [3.8, 4) is 0 Å². The molecule has 0 bridgehead atoms. The SMILES string of the molecule is CC1CN=C2N=C(N)NC(=O)C2(Cl)C1. The molecule has 0 spiro atoms. The molecule has 2 heterocycles. The van der Waals surface area contributed by atoms with Gasteiger partial charge in [-0.25, -0.2) is 0 Å². The van der Waals surface area contributed by atoms with E-state index in [0.29, 0.717) is 18.8 Å². The van der Waals surface area contributed by atoms with Gasteiger partial charge in [-0.3, -0.25) is 15.1 Å². The van der Waals surface area contributed by atoms with Crippen LogP contribution in [0.4, 0.5) is 0 Å². The number of amidine groups is 1. The van der Waals surface area contributed by atoms with Crippen LogP contribution < -0.4 is 11.1 Å². The number of hydrogen-bond donors (Lipinski definition) is 2. The molecule has 0 aromatic rings. The van der Waals surface area contributed by atoms with Gasteiger partial charge in [0.05, 0.1) is 0 Å². The van der Waals surface area contributed by atoms with Gasteiger partial charge in [-0.1, -0.05) is 18.5 Å². The molecule has 0 aromatic heterocycles. The molecular weight excluding hydrogens is 204 g/mol. The highest BCUT2D eigenvalue weighted by Gasteiger charge is 2.47. The molecule has 0 fully saturated rings. The predicted octanol–water partition coefficient (Wildman–Crippen LogP) is -0.153. The van der Waals surface area contributed by atoms with E-state index in [1.807, 2.05) is 6.92 Å². The van der Waals surface area contributed by atoms with E-state index in [1.165, 1.54) is 0 Å². The van der Waals surface area contributed by atoms with Gasteiger partial charge in [0.25, 0.3) is 5.91 Å². The van der Waals surface area contributed by atoms with Crippen LogP contribution in [0.1, 0.15) is 13.3 Å². The summed E-state index contributed by atoms with van der Waals surface area (Å²) >= 11 is 6.18. The number of alkyl halides is 1. The summed E-state index contributed by atoms with van der Waals surface area (Å²) in [5.74, 6) is 0.381. The Hall–Kier alpha value is -1.10. The van der Waals surface area contributed by atoms with Crippen molar-refractivity contribution < 1.29 is 4.79 Å². The number of carbonyl (C=O) groups excluding carboxylic acids is 1. The summed E-state index contributed by atoms with van der Waals surface area (Å²) in [6, 6.07) is 0. The first-order valence-corrected chi connectivity index (χ1v) is 4.79. The van der Waals surface area contributed by atoms with Gasteiger partial charge in [0, 0.05) is 6.54 Å². The van der Waals surface area contributed by atoms with Crippen LogP contribution in [-0.2, 0) is 4.79 Å². The molecule has 1 amide bonds. The summed E-state index contributed by atoms with van der Waals surface area (Å²) in [6.07, 6.45) is 0.552. The number of nitrogens with one attached hydrogen (secondary N) is 1. The quantitative estimate of drug-likeness (QED) is 0.550. The maximum Gasteiger partial charge on any atom is 0.255 e. The molecule has 0 saturated heterocycles. The number of nitrogens with two attached hydrogens (primary N) is 1. The summed E-state index contributed by atoms with van der Waals surface area (Å²) in [4.78, 5) is 18.6. The van der Waals surface area contributed by atoms with Crippen molar-refractivity contribution in [3.05, 3.63) is 0 Å². The molecule has 14 heavy (non-hydrogen) atoms. The Balaban J connectivity index is 2.45. The average molecular weight is 215 g/mol. The minimum atomic E-state index is -1.11. The Labute approximate surface area is 86.4 Å². The van der Waals surface area contributed by atoms with Gasteiger partial charge in [0.2, 0.25) is 5.96 Å². The number of fused-ring (bicyclic) bond motifs is 1. The molecule has 5 nitrogen and oxygen atoms in total. The fraction of sp³-hybridized carbons (Fsp3) is 0.625. The van der Waals surface area contributed by atoms with E-state index in [1.54, 1.807) is 0 Å². The van der Waals surface area contributed by atoms with Crippen molar-refractivity contribution >= 4 is 29.3 Å². The zero-order valence-corrected chi connectivity index (χ0v) is 8.51. The predicted molar refractivity (Wildman–Crippen MR) is 54.4 cm³/mol. The smallest absolute Gasteiger partial charge is 0.255 e. The van der Waals surface area contributed by atoms with E-state index in [-0.39, 0.29) is 17.8 Å². The van der Waals surface area contributed by atoms with Gasteiger partial charge in [0.1, 0.15) is 0 Å². The Morgan fingerprint density at radius 1 is 1.71 bits per heavy atom. The Morgan fingerprint density at radius 3 is 3.14 bits per heavy atom. The molecule has 0 aromatic carbocycles. The lowest BCUT2D eigenvalue weighted by Crippen LogP contribution is -2.58. The standard InChI is InChI=1S/C8H11ClN4O/c1-4-2-8(9)5(11-3-4)12-7(10)13-6(8)14/h4H,2-3H2,1H3,(H3,10,11,12,13,14). The average Bonchev–Trinajstić information content (AvgIpc) is 2.08. The van der Waals surface area contributed by atoms with E-state index in [4.69, 9.17) is 17.3 Å². The monoisotopic (exact) mass is 214 g/mol. The van der Waals surface area contributed by atoms with Gasteiger partial charge in [-0.2, -0.15) is 4.99 Å². The molecule has 0 aliphatic carbocycles. The molecular formula is C8H11ClN4O. The third-order valence-corrected chi connectivity index (χ3v) is 2.86. The minimum Gasteiger partial charge on any atom is -0.369 e. The Kier molecular flexibility index (Phi) is 1.99. The largest absolute Gasteiger partial charge is 0.369 e. The van der Waals surface area contributed by atoms with Crippen LogP contribution in [-0.4, -0.2) is 29.1 Å². The second-order valence-corrected chi connectivity index (χ2v) is 4.37. The van der Waals surface area contributed by atoms with Gasteiger partial charge in [0.15, 0.2) is 10.7 Å². The number of nitrogens with zero attached hydrogens (tertiary/aromatic N) is 2. The fourth-order valence-corrected chi connectivity index (χ4v) is 2.09. The summed E-state index contributed by atoms with van der Waals surface area (Å²) < 4.78 is 0. The molecule has 6 heteroatoms. The van der Waals surface area contributed by atoms with E-state index < -0.39 is 4.87 Å². The van der Waals surface area contributed by atoms with Crippen molar-refractivity contribution in [1.82, 2.24) is 5.32 Å². The van der Waals surface area contributed by atoms with E-state index in [2.05, 4.69) is 15.3 Å². The normalized spacial score (nSPS) is 36.7. The first kappa shape index (κ1) is 9.45. The van der Waals surface area contributed by atoms with Crippen molar-refractivity contribution in [2.45, 2.75) is 18.2 Å². The van der Waals surface area contributed by atoms with Crippen LogP contribution in [0, 0.1) is 5.92 Å². The molecule has 0 radical (unpaired) electrons. The zero-order chi connectivity index (χ0) is 10.3. The van der Waals surface area contributed by atoms with Gasteiger partial charge in [-0.05, 0) is 12.3 Å². The van der Waals surface area contributed by atoms with Gasteiger partial charge < -0.3 is 5.73 Å². The third-order valence-electron chi connectivity index (χ3n) is 2.36. The Morgan fingerprint density at radius 2 is 2.43 bits per heavy atom. The molecule has 2 aliphatic rings. The van der Waals surface area contributed by atoms with E-state index in [9.17, 15) is 4.79 Å². The molecule has 2 rings (SSSR count). The number of hydrogen-bond acceptors (Lipinski definition) is 4. The van der Waals surface area contributed by atoms with E-state index >= 15 is 0 Å². The summed E-state index contributed by atoms with van der Waals surface area (Å²) in [6.45, 7) is 2.65. The first-order valence-electron chi connectivity index (χ1n) is 4.42. The first-order chi connectivity index (χ1) is 6.52. The van der Waals surface area contributed by atoms with Crippen molar-refractivity contribution in [1.29, 1.82) is 0 Å². The molecule has 76 valence electrons. The third kappa shape index (κ3) is 1.28. The molecule has 2 aliphatic heterocycles. The number of aliphatic imine (C=N–C) groups is 2. The molecule has 0 saturated carbocycles. The zero-order valence-electron chi connectivity index (χ0n) is 7.75. The van der Waals surface area contributed by atoms with Crippen molar-refractivity contribution in [2.75, 3.05) is 6.54 Å². The van der Waals surface area contributed by atoms with Gasteiger partial charge >= 0.3 is 0 Å². The molecule has 2 unspecified atom stereocenters. The van der Waals surface area contributed by atoms with E-state index in [0.717, 1.165) is 0 Å². The summed E-state index contributed by atoms with van der Waals surface area (Å²) in [5, 5.41) is 2.42. The van der Waals surface area contributed by atoms with Crippen LogP contribution in [0.15, 0.2) is 9.98 Å². The second kappa shape index (κ2) is 2.95. The van der Waals surface area contributed by atoms with Crippen LogP contribution in [0.25, 0.3) is 0 Å². The van der Waals surface area contributed by atoms with Crippen LogP contribution in [0.3, 0.4) is 0 Å². The lowest BCUT2D eigenvalue weighted by molar-refractivity contribution is -0.121. The maximum absolute atomic E-state index is 11.6. The fourth-order valence-electron chi connectivity index (χ4n) is 1.68. The number of rotatable bonds is 0. The second-order valence-electron chi connectivity index (χ2n) is 3.73. The van der Waals surface area contributed by atoms with Crippen LogP contribution in [0.5, 0.6) is 0 Å². The maximum atomic E-state index is 11.6. The molecule has 2 atom stereocenters. The molecule has 3 N–H and O–H groups in total. The summed E-state index contributed by atoms with van der Waals surface area (Å²) in [7, 11) is 0. The topological polar surface area (TPSA) is 79.8 Å². The minimum absolute atomic E-state index is 0.0691. The summed E-state index contributed by atoms with van der Waals surface area (Å²) in [5.41, 5.74) is 5.40. The highest BCUT2D eigenvalue weighted by atomic mass is 35.5. The number of carbonyl (C=O) groups is 1. The number of halogens is 1. The van der Waals surface area contributed by atoms with Crippen LogP contribution in [0.2, 0.25) is 0 Å². The Bertz CT molecular complexity index is 351. The van der Waals surface area contributed by atoms with Gasteiger partial charge in [-0.15, -0.1) is 0 Å². The number of amides is 1. The lowest BCUT2D eigenvalue weighted by Gasteiger charge is -2.33. The van der Waals surface area contributed by atoms with Crippen LogP contribution >= 0.6 is 11.6 Å². The highest BCUT2D eigenvalue weighted by molar-refractivity contribution is 6.49. The number of guanidine groups is 1. The van der Waals surface area contributed by atoms with Crippen molar-refractivity contribution in [3.63, 3.8) is 0 Å². The van der Waals surface area contributed by atoms with Crippen molar-refractivity contribution in [2.24, 2.45) is 21.6 Å². The lowest BCUT2D eigenvalue weighted by atomic mass is 9.89. The highest BCUT2D eigenvalue weighted by Crippen LogP contribution is 2.32.